The quantitative estimate of drug-likeness (QED) is 0.159. The summed E-state index contributed by atoms with van der Waals surface area (Å²) in [4.78, 5) is 28.2. The van der Waals surface area contributed by atoms with Crippen molar-refractivity contribution in [2.75, 3.05) is 5.75 Å². The molecule has 0 aliphatic heterocycles. The summed E-state index contributed by atoms with van der Waals surface area (Å²) in [7, 11) is 0. The minimum Gasteiger partial charge on any atom is -0.301 e. The molecule has 0 saturated carbocycles. The van der Waals surface area contributed by atoms with Crippen LogP contribution in [0.15, 0.2) is 22.2 Å². The summed E-state index contributed by atoms with van der Waals surface area (Å²) < 4.78 is 0. The maximum absolute atomic E-state index is 10.9. The number of H-pyrrole nitrogens is 1. The van der Waals surface area contributed by atoms with Gasteiger partial charge in [0.25, 0.3) is 5.56 Å². The molecule has 1 heterocycles. The molecule has 0 fully saturated rings. The molecule has 0 aliphatic carbocycles. The molecule has 15 heavy (non-hydrogen) atoms. The number of hydrogen-bond acceptors (Lipinski definition) is 5. The van der Waals surface area contributed by atoms with E-state index in [0.29, 0.717) is 23.8 Å². The van der Waals surface area contributed by atoms with Gasteiger partial charge in [-0.3, -0.25) is 15.0 Å². The molecule has 82 valence electrons. The van der Waals surface area contributed by atoms with Crippen LogP contribution in [0.2, 0.25) is 0 Å². The second kappa shape index (κ2) is 6.20. The van der Waals surface area contributed by atoms with E-state index in [2.05, 4.69) is 15.4 Å². The molecule has 0 spiro atoms. The molecule has 1 rings (SSSR count). The summed E-state index contributed by atoms with van der Waals surface area (Å²) in [5, 5.41) is 0.565. The van der Waals surface area contributed by atoms with Crippen LogP contribution in [0, 0.1) is 0 Å². The first-order chi connectivity index (χ1) is 7.22. The van der Waals surface area contributed by atoms with Gasteiger partial charge < -0.3 is 4.98 Å². The SMILES string of the molecule is NNC(=O)CCCSc1nccc(=O)[nH]1. The number of nitrogens with zero attached hydrogens (tertiary/aromatic N) is 1. The van der Waals surface area contributed by atoms with E-state index in [9.17, 15) is 9.59 Å². The summed E-state index contributed by atoms with van der Waals surface area (Å²) in [6.07, 6.45) is 2.51. The number of hydrogen-bond donors (Lipinski definition) is 3. The van der Waals surface area contributed by atoms with Gasteiger partial charge in [0.2, 0.25) is 5.91 Å². The van der Waals surface area contributed by atoms with Crippen LogP contribution in [0.1, 0.15) is 12.8 Å². The molecule has 1 aromatic rings. The van der Waals surface area contributed by atoms with E-state index in [1.165, 1.54) is 24.0 Å². The monoisotopic (exact) mass is 228 g/mol. The van der Waals surface area contributed by atoms with Gasteiger partial charge in [-0.25, -0.2) is 10.8 Å². The van der Waals surface area contributed by atoms with Crippen LogP contribution in [0.3, 0.4) is 0 Å². The van der Waals surface area contributed by atoms with Gasteiger partial charge in [0, 0.05) is 24.4 Å². The Balaban J connectivity index is 2.26. The van der Waals surface area contributed by atoms with Crippen LogP contribution in [-0.2, 0) is 4.79 Å². The molecule has 0 saturated heterocycles. The van der Waals surface area contributed by atoms with Gasteiger partial charge in [0.1, 0.15) is 0 Å². The van der Waals surface area contributed by atoms with E-state index in [1.54, 1.807) is 0 Å². The molecule has 0 aromatic carbocycles. The Bertz CT molecular complexity index is 379. The second-order valence-electron chi connectivity index (χ2n) is 2.76. The summed E-state index contributed by atoms with van der Waals surface area (Å²) in [6, 6.07) is 1.35. The number of nitrogens with one attached hydrogen (secondary N) is 2. The fourth-order valence-corrected chi connectivity index (χ4v) is 1.69. The van der Waals surface area contributed by atoms with E-state index in [4.69, 9.17) is 5.84 Å². The predicted molar refractivity (Wildman–Crippen MR) is 57.1 cm³/mol. The number of nitrogens with two attached hydrogens (primary N) is 1. The average molecular weight is 228 g/mol. The summed E-state index contributed by atoms with van der Waals surface area (Å²) in [5.74, 6) is 5.44. The normalized spacial score (nSPS) is 9.93. The van der Waals surface area contributed by atoms with Crippen molar-refractivity contribution in [2.45, 2.75) is 18.0 Å². The number of rotatable bonds is 5. The number of thioether (sulfide) groups is 1. The van der Waals surface area contributed by atoms with Crippen molar-refractivity contribution < 1.29 is 4.79 Å². The molecule has 4 N–H and O–H groups in total. The maximum Gasteiger partial charge on any atom is 0.251 e. The first kappa shape index (κ1) is 11.7. The summed E-state index contributed by atoms with van der Waals surface area (Å²) >= 11 is 1.40. The van der Waals surface area contributed by atoms with Crippen LogP contribution in [0.4, 0.5) is 0 Å². The Morgan fingerprint density at radius 2 is 2.47 bits per heavy atom. The topological polar surface area (TPSA) is 101 Å². The second-order valence-corrected chi connectivity index (χ2v) is 3.84. The van der Waals surface area contributed by atoms with Crippen LogP contribution in [-0.4, -0.2) is 21.6 Å². The highest BCUT2D eigenvalue weighted by Gasteiger charge is 1.99. The highest BCUT2D eigenvalue weighted by molar-refractivity contribution is 7.99. The molecular weight excluding hydrogens is 216 g/mol. The minimum atomic E-state index is -0.190. The van der Waals surface area contributed by atoms with Crippen molar-refractivity contribution in [1.29, 1.82) is 0 Å². The average Bonchev–Trinajstić information content (AvgIpc) is 2.24. The van der Waals surface area contributed by atoms with Crippen molar-refractivity contribution in [3.05, 3.63) is 22.6 Å². The van der Waals surface area contributed by atoms with E-state index < -0.39 is 0 Å². The zero-order valence-electron chi connectivity index (χ0n) is 8.03. The fraction of sp³-hybridized carbons (Fsp3) is 0.375. The van der Waals surface area contributed by atoms with Gasteiger partial charge >= 0.3 is 0 Å². The number of carbonyl (C=O) groups excluding carboxylic acids is 1. The van der Waals surface area contributed by atoms with Crippen LogP contribution < -0.4 is 16.8 Å². The Labute approximate surface area is 90.6 Å². The van der Waals surface area contributed by atoms with E-state index >= 15 is 0 Å². The molecule has 1 amide bonds. The van der Waals surface area contributed by atoms with Crippen LogP contribution in [0.5, 0.6) is 0 Å². The third kappa shape index (κ3) is 4.61. The van der Waals surface area contributed by atoms with Gasteiger partial charge in [0.15, 0.2) is 5.16 Å². The number of hydrazine groups is 1. The summed E-state index contributed by atoms with van der Waals surface area (Å²) in [5.41, 5.74) is 1.88. The fourth-order valence-electron chi connectivity index (χ4n) is 0.899. The summed E-state index contributed by atoms with van der Waals surface area (Å²) in [6.45, 7) is 0. The van der Waals surface area contributed by atoms with Gasteiger partial charge in [-0.15, -0.1) is 0 Å². The van der Waals surface area contributed by atoms with Crippen molar-refractivity contribution in [3.8, 4) is 0 Å². The lowest BCUT2D eigenvalue weighted by molar-refractivity contribution is -0.121. The van der Waals surface area contributed by atoms with Gasteiger partial charge in [-0.05, 0) is 6.42 Å². The Hall–Kier alpha value is -1.34. The highest BCUT2D eigenvalue weighted by atomic mass is 32.2. The van der Waals surface area contributed by atoms with Crippen LogP contribution >= 0.6 is 11.8 Å². The Morgan fingerprint density at radius 1 is 1.67 bits per heavy atom. The molecule has 0 bridgehead atoms. The van der Waals surface area contributed by atoms with Crippen molar-refractivity contribution in [3.63, 3.8) is 0 Å². The lowest BCUT2D eigenvalue weighted by Crippen LogP contribution is -2.29. The maximum atomic E-state index is 10.9. The molecule has 1 aromatic heterocycles. The molecule has 0 aliphatic rings. The molecule has 0 atom stereocenters. The molecule has 0 radical (unpaired) electrons. The van der Waals surface area contributed by atoms with E-state index in [-0.39, 0.29) is 11.5 Å². The van der Waals surface area contributed by atoms with Gasteiger partial charge in [-0.1, -0.05) is 11.8 Å². The smallest absolute Gasteiger partial charge is 0.251 e. The van der Waals surface area contributed by atoms with E-state index in [1.807, 2.05) is 0 Å². The zero-order valence-corrected chi connectivity index (χ0v) is 8.84. The molecule has 6 nitrogen and oxygen atoms in total. The molecular formula is C8H12N4O2S. The lowest BCUT2D eigenvalue weighted by atomic mass is 10.3. The first-order valence-corrected chi connectivity index (χ1v) is 5.38. The van der Waals surface area contributed by atoms with Crippen molar-refractivity contribution in [2.24, 2.45) is 5.84 Å². The Morgan fingerprint density at radius 3 is 3.13 bits per heavy atom. The third-order valence-electron chi connectivity index (χ3n) is 1.60. The van der Waals surface area contributed by atoms with Gasteiger partial charge in [0.05, 0.1) is 0 Å². The Kier molecular flexibility index (Phi) is 4.85. The lowest BCUT2D eigenvalue weighted by Gasteiger charge is -1.99. The standard InChI is InChI=1S/C8H12N4O2S/c9-12-7(14)2-1-5-15-8-10-4-3-6(13)11-8/h3-4H,1-2,5,9H2,(H,12,14)(H,10,11,13). The molecule has 0 unspecified atom stereocenters. The third-order valence-corrected chi connectivity index (χ3v) is 2.57. The van der Waals surface area contributed by atoms with Crippen molar-refractivity contribution in [1.82, 2.24) is 15.4 Å². The van der Waals surface area contributed by atoms with Gasteiger partial charge in [-0.2, -0.15) is 0 Å². The zero-order chi connectivity index (χ0) is 11.1. The predicted octanol–water partition coefficient (Wildman–Crippen LogP) is -0.368. The van der Waals surface area contributed by atoms with Crippen molar-refractivity contribution >= 4 is 17.7 Å². The molecule has 7 heteroatoms. The minimum absolute atomic E-state index is 0.174. The number of carbonyl (C=O) groups is 1. The largest absolute Gasteiger partial charge is 0.301 e. The number of aromatic nitrogens is 2. The van der Waals surface area contributed by atoms with E-state index in [0.717, 1.165) is 0 Å². The number of amides is 1. The van der Waals surface area contributed by atoms with Crippen LogP contribution in [0.25, 0.3) is 0 Å². The highest BCUT2D eigenvalue weighted by Crippen LogP contribution is 2.11. The first-order valence-electron chi connectivity index (χ1n) is 4.40. The number of aromatic amines is 1.